The molecular weight excluding hydrogens is 424 g/mol. The number of phenols is 1. The maximum Gasteiger partial charge on any atom is 0.278 e. The first kappa shape index (κ1) is 21.7. The number of aliphatic hydroxyl groups excluding tert-OH is 3. The maximum absolute atomic E-state index is 12.2. The van der Waals surface area contributed by atoms with Crippen molar-refractivity contribution >= 4 is 23.3 Å². The van der Waals surface area contributed by atoms with Crippen LogP contribution in [-0.4, -0.2) is 77.7 Å². The SMILES string of the molecule is CCOc1ccc(C=NNc2nc3c(=O)[nH]cnc3n2[C@@H]2O[C@H](CO)[C@@H](O)[C@H]2O)cc1O. The number of ether oxygens (including phenoxy) is 2. The summed E-state index contributed by atoms with van der Waals surface area (Å²) in [7, 11) is 0. The van der Waals surface area contributed by atoms with Crippen molar-refractivity contribution in [3.05, 3.63) is 40.4 Å². The number of H-pyrrole nitrogens is 1. The number of aliphatic hydroxyl groups is 3. The molecule has 32 heavy (non-hydrogen) atoms. The fraction of sp³-hybridized carbons (Fsp3) is 0.368. The fourth-order valence-corrected chi connectivity index (χ4v) is 3.39. The minimum atomic E-state index is -1.42. The number of rotatable bonds is 7. The third-order valence-corrected chi connectivity index (χ3v) is 4.92. The summed E-state index contributed by atoms with van der Waals surface area (Å²) in [6.07, 6.45) is -2.43. The zero-order valence-electron chi connectivity index (χ0n) is 16.9. The topological polar surface area (TPSA) is 187 Å². The second kappa shape index (κ2) is 8.92. The number of imidazole rings is 1. The van der Waals surface area contributed by atoms with Gasteiger partial charge in [-0.05, 0) is 30.7 Å². The molecule has 0 radical (unpaired) electrons. The Kier molecular flexibility index (Phi) is 6.05. The van der Waals surface area contributed by atoms with Gasteiger partial charge in [0, 0.05) is 0 Å². The third kappa shape index (κ3) is 3.89. The van der Waals surface area contributed by atoms with Gasteiger partial charge in [0.2, 0.25) is 5.95 Å². The molecule has 3 aromatic rings. The number of phenolic OH excluding ortho intramolecular Hbond substituents is 1. The van der Waals surface area contributed by atoms with E-state index in [-0.39, 0.29) is 22.9 Å². The first-order chi connectivity index (χ1) is 15.4. The molecule has 1 aromatic carbocycles. The van der Waals surface area contributed by atoms with Gasteiger partial charge in [-0.15, -0.1) is 0 Å². The van der Waals surface area contributed by atoms with Crippen LogP contribution in [0.5, 0.6) is 11.5 Å². The van der Waals surface area contributed by atoms with Crippen LogP contribution in [0.25, 0.3) is 11.2 Å². The van der Waals surface area contributed by atoms with Crippen LogP contribution in [0.3, 0.4) is 0 Å². The van der Waals surface area contributed by atoms with Crippen molar-refractivity contribution in [2.24, 2.45) is 5.10 Å². The predicted octanol–water partition coefficient (Wildman–Crippen LogP) is -0.719. The highest BCUT2D eigenvalue weighted by atomic mass is 16.6. The van der Waals surface area contributed by atoms with E-state index in [4.69, 9.17) is 9.47 Å². The van der Waals surface area contributed by atoms with Gasteiger partial charge in [0.25, 0.3) is 5.56 Å². The molecule has 0 unspecified atom stereocenters. The van der Waals surface area contributed by atoms with E-state index in [0.717, 1.165) is 0 Å². The van der Waals surface area contributed by atoms with Crippen molar-refractivity contribution < 1.29 is 29.9 Å². The molecule has 0 spiro atoms. The first-order valence-electron chi connectivity index (χ1n) is 9.77. The third-order valence-electron chi connectivity index (χ3n) is 4.92. The van der Waals surface area contributed by atoms with E-state index in [1.807, 2.05) is 0 Å². The number of hydrogen-bond donors (Lipinski definition) is 6. The van der Waals surface area contributed by atoms with Gasteiger partial charge in [-0.3, -0.25) is 9.36 Å². The number of benzene rings is 1. The van der Waals surface area contributed by atoms with Gasteiger partial charge in [-0.25, -0.2) is 15.4 Å². The summed E-state index contributed by atoms with van der Waals surface area (Å²) in [4.78, 5) is 22.9. The minimum absolute atomic E-state index is 0.00504. The number of hydrazone groups is 1. The highest BCUT2D eigenvalue weighted by Gasteiger charge is 2.45. The Morgan fingerprint density at radius 3 is 2.88 bits per heavy atom. The van der Waals surface area contributed by atoms with E-state index in [2.05, 4.69) is 25.5 Å². The summed E-state index contributed by atoms with van der Waals surface area (Å²) in [6, 6.07) is 4.73. The molecule has 2 aromatic heterocycles. The molecule has 0 bridgehead atoms. The second-order valence-corrected chi connectivity index (χ2v) is 6.97. The average Bonchev–Trinajstić information content (AvgIpc) is 3.28. The Hall–Kier alpha value is -3.52. The lowest BCUT2D eigenvalue weighted by molar-refractivity contribution is -0.0501. The van der Waals surface area contributed by atoms with Crippen LogP contribution in [0.4, 0.5) is 5.95 Å². The van der Waals surface area contributed by atoms with E-state index >= 15 is 0 Å². The highest BCUT2D eigenvalue weighted by Crippen LogP contribution is 2.33. The van der Waals surface area contributed by atoms with Gasteiger partial charge in [0.1, 0.15) is 18.3 Å². The standard InChI is InChI=1S/C19H22N6O7/c1-2-31-11-4-3-9(5-10(11)27)6-22-24-19-23-13-16(20-8-21-17(13)30)25(19)18-15(29)14(28)12(7-26)32-18/h3-6,8,12,14-15,18,26-29H,2,7H2,1H3,(H,23,24)(H,20,21,30)/t12-,14-,15-,18-/m1/s1. The van der Waals surface area contributed by atoms with Gasteiger partial charge in [0.05, 0.1) is 25.8 Å². The van der Waals surface area contributed by atoms with Crippen LogP contribution in [0.2, 0.25) is 0 Å². The molecule has 170 valence electrons. The van der Waals surface area contributed by atoms with E-state index in [9.17, 15) is 25.2 Å². The smallest absolute Gasteiger partial charge is 0.278 e. The van der Waals surface area contributed by atoms with Crippen molar-refractivity contribution in [3.8, 4) is 11.5 Å². The van der Waals surface area contributed by atoms with Crippen molar-refractivity contribution in [1.29, 1.82) is 0 Å². The van der Waals surface area contributed by atoms with Crippen molar-refractivity contribution in [2.75, 3.05) is 18.6 Å². The minimum Gasteiger partial charge on any atom is -0.504 e. The molecular formula is C19H22N6O7. The molecule has 0 saturated carbocycles. The van der Waals surface area contributed by atoms with Gasteiger partial charge in [0.15, 0.2) is 28.9 Å². The zero-order chi connectivity index (χ0) is 22.8. The van der Waals surface area contributed by atoms with Crippen LogP contribution in [0, 0.1) is 0 Å². The Balaban J connectivity index is 1.66. The largest absolute Gasteiger partial charge is 0.504 e. The van der Waals surface area contributed by atoms with Gasteiger partial charge in [-0.2, -0.15) is 5.10 Å². The number of aromatic amines is 1. The molecule has 13 nitrogen and oxygen atoms in total. The van der Waals surface area contributed by atoms with Gasteiger partial charge in [-0.1, -0.05) is 0 Å². The lowest BCUT2D eigenvalue weighted by atomic mass is 10.1. The summed E-state index contributed by atoms with van der Waals surface area (Å²) in [6.45, 7) is 1.70. The van der Waals surface area contributed by atoms with Crippen LogP contribution in [0.15, 0.2) is 34.4 Å². The van der Waals surface area contributed by atoms with Crippen molar-refractivity contribution in [1.82, 2.24) is 19.5 Å². The number of nitrogens with one attached hydrogen (secondary N) is 2. The first-order valence-corrected chi connectivity index (χ1v) is 9.77. The lowest BCUT2D eigenvalue weighted by Gasteiger charge is -2.18. The summed E-state index contributed by atoms with van der Waals surface area (Å²) >= 11 is 0. The molecule has 3 heterocycles. The van der Waals surface area contributed by atoms with Crippen LogP contribution < -0.4 is 15.7 Å². The van der Waals surface area contributed by atoms with Crippen molar-refractivity contribution in [2.45, 2.75) is 31.5 Å². The number of aromatic nitrogens is 4. The van der Waals surface area contributed by atoms with Crippen LogP contribution >= 0.6 is 0 Å². The molecule has 4 atom stereocenters. The lowest BCUT2D eigenvalue weighted by Crippen LogP contribution is -2.33. The molecule has 1 fully saturated rings. The molecule has 1 aliphatic heterocycles. The molecule has 4 rings (SSSR count). The summed E-state index contributed by atoms with van der Waals surface area (Å²) in [5.74, 6) is 0.296. The Labute approximate surface area is 180 Å². The Morgan fingerprint density at radius 2 is 2.19 bits per heavy atom. The fourth-order valence-electron chi connectivity index (χ4n) is 3.39. The van der Waals surface area contributed by atoms with Crippen LogP contribution in [-0.2, 0) is 4.74 Å². The summed E-state index contributed by atoms with van der Waals surface area (Å²) in [5.41, 5.74) is 2.73. The van der Waals surface area contributed by atoms with E-state index in [1.165, 1.54) is 23.2 Å². The average molecular weight is 446 g/mol. The van der Waals surface area contributed by atoms with E-state index in [1.54, 1.807) is 19.1 Å². The number of hydrogen-bond acceptors (Lipinski definition) is 11. The molecule has 1 saturated heterocycles. The molecule has 13 heteroatoms. The van der Waals surface area contributed by atoms with Gasteiger partial charge < -0.3 is 34.9 Å². The van der Waals surface area contributed by atoms with Crippen LogP contribution in [0.1, 0.15) is 18.7 Å². The van der Waals surface area contributed by atoms with E-state index < -0.39 is 36.7 Å². The second-order valence-electron chi connectivity index (χ2n) is 6.97. The molecule has 0 amide bonds. The highest BCUT2D eigenvalue weighted by molar-refractivity contribution is 5.81. The Morgan fingerprint density at radius 1 is 1.38 bits per heavy atom. The number of fused-ring (bicyclic) bond motifs is 1. The molecule has 1 aliphatic rings. The van der Waals surface area contributed by atoms with E-state index in [0.29, 0.717) is 17.9 Å². The number of nitrogens with zero attached hydrogens (tertiary/aromatic N) is 4. The van der Waals surface area contributed by atoms with Crippen molar-refractivity contribution in [3.63, 3.8) is 0 Å². The number of anilines is 1. The quantitative estimate of drug-likeness (QED) is 0.200. The number of aromatic hydroxyl groups is 1. The predicted molar refractivity (Wildman–Crippen MR) is 112 cm³/mol. The Bertz CT molecular complexity index is 1190. The monoisotopic (exact) mass is 446 g/mol. The summed E-state index contributed by atoms with van der Waals surface area (Å²) < 4.78 is 12.1. The van der Waals surface area contributed by atoms with Gasteiger partial charge >= 0.3 is 0 Å². The molecule has 0 aliphatic carbocycles. The zero-order valence-corrected chi connectivity index (χ0v) is 16.9. The summed E-state index contributed by atoms with van der Waals surface area (Å²) in [5, 5.41) is 44.0. The maximum atomic E-state index is 12.2. The normalized spacial score (nSPS) is 23.2. The molecule has 6 N–H and O–H groups in total.